The van der Waals surface area contributed by atoms with E-state index in [1.54, 1.807) is 0 Å². The Morgan fingerprint density at radius 2 is 1.91 bits per heavy atom. The summed E-state index contributed by atoms with van der Waals surface area (Å²) in [6.45, 7) is 2.22. The monoisotopic (exact) mass is 214 g/mol. The summed E-state index contributed by atoms with van der Waals surface area (Å²) in [4.78, 5) is 0. The Morgan fingerprint density at radius 3 is 2.45 bits per heavy atom. The predicted molar refractivity (Wildman–Crippen MR) is 49.4 cm³/mol. The average molecular weight is 215 g/mol. The SMILES string of the molecule is CCc1cc(Br)cc(CO)c1. The summed E-state index contributed by atoms with van der Waals surface area (Å²) in [5, 5.41) is 8.86. The number of hydrogen-bond donors (Lipinski definition) is 1. The summed E-state index contributed by atoms with van der Waals surface area (Å²) >= 11 is 3.38. The molecule has 0 radical (unpaired) electrons. The first-order chi connectivity index (χ1) is 5.26. The molecule has 0 aliphatic rings. The molecule has 0 atom stereocenters. The molecule has 11 heavy (non-hydrogen) atoms. The summed E-state index contributed by atoms with van der Waals surface area (Å²) < 4.78 is 1.04. The van der Waals surface area contributed by atoms with E-state index in [-0.39, 0.29) is 6.61 Å². The normalized spacial score (nSPS) is 10.1. The molecule has 1 nitrogen and oxygen atoms in total. The fourth-order valence-corrected chi connectivity index (χ4v) is 1.60. The van der Waals surface area contributed by atoms with E-state index >= 15 is 0 Å². The molecule has 1 aromatic rings. The van der Waals surface area contributed by atoms with Gasteiger partial charge in [0.2, 0.25) is 0 Å². The Labute approximate surface area is 75.2 Å². The number of aryl methyl sites for hydroxylation is 1. The van der Waals surface area contributed by atoms with Crippen LogP contribution in [-0.4, -0.2) is 5.11 Å². The molecule has 0 amide bonds. The van der Waals surface area contributed by atoms with Crippen LogP contribution < -0.4 is 0 Å². The fraction of sp³-hybridized carbons (Fsp3) is 0.333. The van der Waals surface area contributed by atoms with Gasteiger partial charge in [0.15, 0.2) is 0 Å². The maximum Gasteiger partial charge on any atom is 0.0682 e. The van der Waals surface area contributed by atoms with Gasteiger partial charge in [0.25, 0.3) is 0 Å². The zero-order valence-electron chi connectivity index (χ0n) is 6.47. The fourth-order valence-electron chi connectivity index (χ4n) is 1.01. The van der Waals surface area contributed by atoms with Crippen LogP contribution in [0.1, 0.15) is 18.1 Å². The molecule has 0 bridgehead atoms. The van der Waals surface area contributed by atoms with Crippen LogP contribution >= 0.6 is 15.9 Å². The number of aliphatic hydroxyl groups excluding tert-OH is 1. The number of benzene rings is 1. The molecule has 2 heteroatoms. The van der Waals surface area contributed by atoms with Crippen LogP contribution in [0.25, 0.3) is 0 Å². The molecule has 0 spiro atoms. The lowest BCUT2D eigenvalue weighted by Gasteiger charge is -2.01. The molecule has 1 rings (SSSR count). The summed E-state index contributed by atoms with van der Waals surface area (Å²) in [5.41, 5.74) is 2.22. The average Bonchev–Trinajstić information content (AvgIpc) is 2.03. The van der Waals surface area contributed by atoms with Crippen molar-refractivity contribution < 1.29 is 5.11 Å². The number of aliphatic hydroxyl groups is 1. The van der Waals surface area contributed by atoms with Crippen LogP contribution in [-0.2, 0) is 13.0 Å². The Morgan fingerprint density at radius 1 is 1.27 bits per heavy atom. The van der Waals surface area contributed by atoms with Gasteiger partial charge in [-0.1, -0.05) is 28.9 Å². The molecule has 0 aliphatic heterocycles. The minimum Gasteiger partial charge on any atom is -0.392 e. The van der Waals surface area contributed by atoms with Crippen molar-refractivity contribution in [2.24, 2.45) is 0 Å². The van der Waals surface area contributed by atoms with E-state index in [4.69, 9.17) is 5.11 Å². The lowest BCUT2D eigenvalue weighted by molar-refractivity contribution is 0.281. The second-order valence-corrected chi connectivity index (χ2v) is 3.40. The highest BCUT2D eigenvalue weighted by molar-refractivity contribution is 9.10. The quantitative estimate of drug-likeness (QED) is 0.803. The van der Waals surface area contributed by atoms with Crippen molar-refractivity contribution in [3.8, 4) is 0 Å². The molecule has 0 fully saturated rings. The zero-order valence-corrected chi connectivity index (χ0v) is 8.06. The van der Waals surface area contributed by atoms with Gasteiger partial charge >= 0.3 is 0 Å². The summed E-state index contributed by atoms with van der Waals surface area (Å²) in [6.07, 6.45) is 1.01. The molecule has 0 heterocycles. The van der Waals surface area contributed by atoms with E-state index in [1.165, 1.54) is 5.56 Å². The molecule has 0 aliphatic carbocycles. The first-order valence-corrected chi connectivity index (χ1v) is 4.44. The van der Waals surface area contributed by atoms with Crippen molar-refractivity contribution >= 4 is 15.9 Å². The largest absolute Gasteiger partial charge is 0.392 e. The highest BCUT2D eigenvalue weighted by atomic mass is 79.9. The summed E-state index contributed by atoms with van der Waals surface area (Å²) in [7, 11) is 0. The van der Waals surface area contributed by atoms with Crippen LogP contribution in [0.15, 0.2) is 22.7 Å². The van der Waals surface area contributed by atoms with Crippen LogP contribution in [0, 0.1) is 0 Å². The smallest absolute Gasteiger partial charge is 0.0682 e. The van der Waals surface area contributed by atoms with E-state index < -0.39 is 0 Å². The number of hydrogen-bond acceptors (Lipinski definition) is 1. The molecule has 0 saturated heterocycles. The highest BCUT2D eigenvalue weighted by Crippen LogP contribution is 2.16. The first kappa shape index (κ1) is 8.75. The van der Waals surface area contributed by atoms with Gasteiger partial charge in [-0.3, -0.25) is 0 Å². The third-order valence-corrected chi connectivity index (χ3v) is 2.07. The van der Waals surface area contributed by atoms with Crippen molar-refractivity contribution in [1.29, 1.82) is 0 Å². The topological polar surface area (TPSA) is 20.2 Å². The van der Waals surface area contributed by atoms with Crippen LogP contribution in [0.3, 0.4) is 0 Å². The second kappa shape index (κ2) is 3.88. The third kappa shape index (κ3) is 2.31. The predicted octanol–water partition coefficient (Wildman–Crippen LogP) is 2.50. The molecule has 1 N–H and O–H groups in total. The molecule has 60 valence electrons. The van der Waals surface area contributed by atoms with Gasteiger partial charge in [-0.15, -0.1) is 0 Å². The number of halogens is 1. The molecule has 1 aromatic carbocycles. The third-order valence-electron chi connectivity index (χ3n) is 1.61. The maximum absolute atomic E-state index is 8.86. The Hall–Kier alpha value is -0.340. The molecule has 0 aromatic heterocycles. The van der Waals surface area contributed by atoms with Crippen molar-refractivity contribution in [2.75, 3.05) is 0 Å². The van der Waals surface area contributed by atoms with E-state index in [9.17, 15) is 0 Å². The van der Waals surface area contributed by atoms with Crippen molar-refractivity contribution in [1.82, 2.24) is 0 Å². The molecule has 0 unspecified atom stereocenters. The van der Waals surface area contributed by atoms with Crippen LogP contribution in [0.4, 0.5) is 0 Å². The van der Waals surface area contributed by atoms with E-state index in [2.05, 4.69) is 28.9 Å². The standard InChI is InChI=1S/C9H11BrO/c1-2-7-3-8(6-11)5-9(10)4-7/h3-5,11H,2,6H2,1H3. The Bertz CT molecular complexity index is 223. The van der Waals surface area contributed by atoms with Gasteiger partial charge in [0, 0.05) is 4.47 Å². The van der Waals surface area contributed by atoms with Crippen LogP contribution in [0.2, 0.25) is 0 Å². The molecular formula is C9H11BrO. The van der Waals surface area contributed by atoms with Gasteiger partial charge in [-0.25, -0.2) is 0 Å². The highest BCUT2D eigenvalue weighted by Gasteiger charge is 1.95. The Balaban J connectivity index is 3.02. The van der Waals surface area contributed by atoms with Crippen molar-refractivity contribution in [3.63, 3.8) is 0 Å². The van der Waals surface area contributed by atoms with E-state index in [0.29, 0.717) is 0 Å². The van der Waals surface area contributed by atoms with Gasteiger partial charge in [0.05, 0.1) is 6.61 Å². The van der Waals surface area contributed by atoms with Crippen molar-refractivity contribution in [2.45, 2.75) is 20.0 Å². The zero-order chi connectivity index (χ0) is 8.27. The Kier molecular flexibility index (Phi) is 3.09. The lowest BCUT2D eigenvalue weighted by atomic mass is 10.1. The second-order valence-electron chi connectivity index (χ2n) is 2.48. The minimum absolute atomic E-state index is 0.117. The van der Waals surface area contributed by atoms with Gasteiger partial charge in [-0.05, 0) is 29.7 Å². The molecular weight excluding hydrogens is 204 g/mol. The minimum atomic E-state index is 0.117. The van der Waals surface area contributed by atoms with Gasteiger partial charge in [0.1, 0.15) is 0 Å². The maximum atomic E-state index is 8.86. The summed E-state index contributed by atoms with van der Waals surface area (Å²) in [6, 6.07) is 6.02. The van der Waals surface area contributed by atoms with E-state index in [1.807, 2.05) is 12.1 Å². The first-order valence-electron chi connectivity index (χ1n) is 3.65. The van der Waals surface area contributed by atoms with Crippen molar-refractivity contribution in [3.05, 3.63) is 33.8 Å². The van der Waals surface area contributed by atoms with Gasteiger partial charge in [-0.2, -0.15) is 0 Å². The summed E-state index contributed by atoms with van der Waals surface area (Å²) in [5.74, 6) is 0. The van der Waals surface area contributed by atoms with Crippen LogP contribution in [0.5, 0.6) is 0 Å². The lowest BCUT2D eigenvalue weighted by Crippen LogP contribution is -1.87. The number of rotatable bonds is 2. The molecule has 0 saturated carbocycles. The van der Waals surface area contributed by atoms with Gasteiger partial charge < -0.3 is 5.11 Å². The van der Waals surface area contributed by atoms with E-state index in [0.717, 1.165) is 16.5 Å².